The van der Waals surface area contributed by atoms with Crippen molar-refractivity contribution >= 4 is 11.8 Å². The molecule has 2 N–H and O–H groups in total. The number of nitrogens with one attached hydrogen (secondary N) is 2. The molecule has 0 aromatic heterocycles. The van der Waals surface area contributed by atoms with E-state index in [1.165, 1.54) is 29.8 Å². The Morgan fingerprint density at radius 2 is 1.68 bits per heavy atom. The quantitative estimate of drug-likeness (QED) is 0.791. The van der Waals surface area contributed by atoms with Crippen LogP contribution in [-0.4, -0.2) is 18.4 Å². The van der Waals surface area contributed by atoms with Crippen molar-refractivity contribution in [1.82, 2.24) is 10.9 Å². The fourth-order valence-corrected chi connectivity index (χ4v) is 2.11. The van der Waals surface area contributed by atoms with Gasteiger partial charge in [-0.2, -0.15) is 0 Å². The summed E-state index contributed by atoms with van der Waals surface area (Å²) in [5.74, 6) is -0.424. The Kier molecular flexibility index (Phi) is 6.51. The summed E-state index contributed by atoms with van der Waals surface area (Å²) in [6.45, 7) is 4.04. The molecule has 0 bridgehead atoms. The van der Waals surface area contributed by atoms with Gasteiger partial charge in [0.15, 0.2) is 6.61 Å². The molecule has 2 amide bonds. The third-order valence-corrected chi connectivity index (χ3v) is 3.85. The van der Waals surface area contributed by atoms with E-state index in [9.17, 15) is 14.0 Å². The second kappa shape index (κ2) is 8.82. The molecule has 0 saturated carbocycles. The van der Waals surface area contributed by atoms with Crippen LogP contribution in [0.3, 0.4) is 0 Å². The van der Waals surface area contributed by atoms with E-state index < -0.39 is 17.6 Å². The Bertz CT molecular complexity index is 714. The Morgan fingerprint density at radius 1 is 1.04 bits per heavy atom. The van der Waals surface area contributed by atoms with Crippen molar-refractivity contribution < 1.29 is 18.7 Å². The first kappa shape index (κ1) is 18.4. The van der Waals surface area contributed by atoms with Crippen molar-refractivity contribution in [1.29, 1.82) is 0 Å². The fraction of sp³-hybridized carbons (Fsp3) is 0.263. The van der Waals surface area contributed by atoms with E-state index in [2.05, 4.69) is 24.7 Å². The van der Waals surface area contributed by atoms with Gasteiger partial charge in [-0.15, -0.1) is 0 Å². The average Bonchev–Trinajstić information content (AvgIpc) is 2.64. The summed E-state index contributed by atoms with van der Waals surface area (Å²) in [5, 5.41) is 0. The van der Waals surface area contributed by atoms with Gasteiger partial charge in [0, 0.05) is 5.56 Å². The molecule has 0 fully saturated rings. The Hall–Kier alpha value is -2.89. The van der Waals surface area contributed by atoms with E-state index in [4.69, 9.17) is 4.74 Å². The highest BCUT2D eigenvalue weighted by atomic mass is 19.1. The minimum atomic E-state index is -0.536. The molecule has 2 aromatic rings. The number of carbonyl (C=O) groups excluding carboxylic acids is 2. The second-order valence-electron chi connectivity index (χ2n) is 5.68. The lowest BCUT2D eigenvalue weighted by molar-refractivity contribution is -0.123. The Labute approximate surface area is 146 Å². The molecule has 0 aliphatic rings. The first-order chi connectivity index (χ1) is 12.0. The predicted octanol–water partition coefficient (Wildman–Crippen LogP) is 3.18. The molecule has 0 heterocycles. The number of hydrogen-bond donors (Lipinski definition) is 2. The molecule has 1 atom stereocenters. The van der Waals surface area contributed by atoms with Crippen LogP contribution >= 0.6 is 0 Å². The fourth-order valence-electron chi connectivity index (χ4n) is 2.11. The number of carbonyl (C=O) groups is 2. The molecule has 0 radical (unpaired) electrons. The normalized spacial score (nSPS) is 11.5. The van der Waals surface area contributed by atoms with Crippen LogP contribution in [0.1, 0.15) is 42.1 Å². The summed E-state index contributed by atoms with van der Waals surface area (Å²) in [6, 6.07) is 12.6. The smallest absolute Gasteiger partial charge is 0.276 e. The zero-order chi connectivity index (χ0) is 18.2. The predicted molar refractivity (Wildman–Crippen MR) is 92.7 cm³/mol. The van der Waals surface area contributed by atoms with Crippen LogP contribution in [0.25, 0.3) is 0 Å². The Balaban J connectivity index is 1.76. The van der Waals surface area contributed by atoms with Gasteiger partial charge in [0.2, 0.25) is 0 Å². The van der Waals surface area contributed by atoms with Crippen molar-refractivity contribution in [2.75, 3.05) is 6.61 Å². The highest BCUT2D eigenvalue weighted by Crippen LogP contribution is 2.21. The molecule has 5 nitrogen and oxygen atoms in total. The van der Waals surface area contributed by atoms with Gasteiger partial charge >= 0.3 is 0 Å². The van der Waals surface area contributed by atoms with Crippen molar-refractivity contribution in [3.63, 3.8) is 0 Å². The van der Waals surface area contributed by atoms with Gasteiger partial charge in [0.25, 0.3) is 11.8 Å². The maximum absolute atomic E-state index is 12.8. The summed E-state index contributed by atoms with van der Waals surface area (Å²) < 4.78 is 18.2. The van der Waals surface area contributed by atoms with Crippen LogP contribution in [0.4, 0.5) is 4.39 Å². The molecule has 132 valence electrons. The third-order valence-electron chi connectivity index (χ3n) is 3.85. The van der Waals surface area contributed by atoms with Crippen LogP contribution in [0, 0.1) is 5.82 Å². The number of ether oxygens (including phenoxy) is 1. The SMILES string of the molecule is CCC(C)c1ccc(OCC(=O)NNC(=O)c2ccc(F)cc2)cc1. The van der Waals surface area contributed by atoms with E-state index in [-0.39, 0.29) is 12.2 Å². The summed E-state index contributed by atoms with van der Waals surface area (Å²) >= 11 is 0. The summed E-state index contributed by atoms with van der Waals surface area (Å²) in [4.78, 5) is 23.5. The van der Waals surface area contributed by atoms with Crippen molar-refractivity contribution in [3.8, 4) is 5.75 Å². The highest BCUT2D eigenvalue weighted by Gasteiger charge is 2.08. The van der Waals surface area contributed by atoms with Crippen LogP contribution < -0.4 is 15.6 Å². The zero-order valence-corrected chi connectivity index (χ0v) is 14.2. The molecule has 0 aliphatic carbocycles. The third kappa shape index (κ3) is 5.60. The number of amides is 2. The van der Waals surface area contributed by atoms with Crippen molar-refractivity contribution in [2.24, 2.45) is 0 Å². The van der Waals surface area contributed by atoms with E-state index in [0.29, 0.717) is 11.7 Å². The van der Waals surface area contributed by atoms with Gasteiger partial charge < -0.3 is 4.74 Å². The van der Waals surface area contributed by atoms with Crippen LogP contribution in [0.15, 0.2) is 48.5 Å². The van der Waals surface area contributed by atoms with E-state index in [0.717, 1.165) is 6.42 Å². The zero-order valence-electron chi connectivity index (χ0n) is 14.2. The number of hydrogen-bond acceptors (Lipinski definition) is 3. The molecule has 25 heavy (non-hydrogen) atoms. The molecule has 0 saturated heterocycles. The van der Waals surface area contributed by atoms with Crippen molar-refractivity contribution in [2.45, 2.75) is 26.2 Å². The van der Waals surface area contributed by atoms with Gasteiger partial charge in [-0.25, -0.2) is 4.39 Å². The van der Waals surface area contributed by atoms with Crippen LogP contribution in [-0.2, 0) is 4.79 Å². The monoisotopic (exact) mass is 344 g/mol. The van der Waals surface area contributed by atoms with E-state index in [1.54, 1.807) is 0 Å². The summed E-state index contributed by atoms with van der Waals surface area (Å²) in [7, 11) is 0. The molecule has 1 unspecified atom stereocenters. The number of hydrazine groups is 1. The lowest BCUT2D eigenvalue weighted by Crippen LogP contribution is -2.43. The molecular formula is C19H21FN2O3. The highest BCUT2D eigenvalue weighted by molar-refractivity contribution is 5.95. The average molecular weight is 344 g/mol. The first-order valence-electron chi connectivity index (χ1n) is 8.07. The topological polar surface area (TPSA) is 67.4 Å². The Morgan fingerprint density at radius 3 is 2.28 bits per heavy atom. The maximum Gasteiger partial charge on any atom is 0.276 e. The number of halogens is 1. The van der Waals surface area contributed by atoms with Gasteiger partial charge in [0.1, 0.15) is 11.6 Å². The minimum Gasteiger partial charge on any atom is -0.484 e. The molecule has 0 spiro atoms. The lowest BCUT2D eigenvalue weighted by atomic mass is 9.99. The van der Waals surface area contributed by atoms with Gasteiger partial charge in [0.05, 0.1) is 0 Å². The van der Waals surface area contributed by atoms with Gasteiger partial charge in [-0.3, -0.25) is 20.4 Å². The minimum absolute atomic E-state index is 0.230. The van der Waals surface area contributed by atoms with Gasteiger partial charge in [-0.05, 0) is 54.3 Å². The van der Waals surface area contributed by atoms with Gasteiger partial charge in [-0.1, -0.05) is 26.0 Å². The largest absolute Gasteiger partial charge is 0.484 e. The maximum atomic E-state index is 12.8. The first-order valence-corrected chi connectivity index (χ1v) is 8.07. The van der Waals surface area contributed by atoms with Crippen LogP contribution in [0.2, 0.25) is 0 Å². The number of benzene rings is 2. The molecule has 0 aliphatic heterocycles. The summed E-state index contributed by atoms with van der Waals surface area (Å²) in [6.07, 6.45) is 1.05. The van der Waals surface area contributed by atoms with E-state index >= 15 is 0 Å². The van der Waals surface area contributed by atoms with Crippen molar-refractivity contribution in [3.05, 3.63) is 65.5 Å². The molecule has 6 heteroatoms. The number of rotatable bonds is 6. The lowest BCUT2D eigenvalue weighted by Gasteiger charge is -2.11. The van der Waals surface area contributed by atoms with Crippen LogP contribution in [0.5, 0.6) is 5.75 Å². The molecule has 2 aromatic carbocycles. The summed E-state index contributed by atoms with van der Waals surface area (Å²) in [5.41, 5.74) is 5.95. The molecular weight excluding hydrogens is 323 g/mol. The van der Waals surface area contributed by atoms with E-state index in [1.807, 2.05) is 24.3 Å². The standard InChI is InChI=1S/C19H21FN2O3/c1-3-13(2)14-6-10-17(11-7-14)25-12-18(23)21-22-19(24)15-4-8-16(20)9-5-15/h4-11,13H,3,12H2,1-2H3,(H,21,23)(H,22,24). The molecule has 2 rings (SSSR count). The second-order valence-corrected chi connectivity index (χ2v) is 5.68.